The van der Waals surface area contributed by atoms with Gasteiger partial charge in [-0.3, -0.25) is 4.90 Å². The van der Waals surface area contributed by atoms with Crippen LogP contribution in [0, 0.1) is 5.92 Å². The number of hydrogen-bond acceptors (Lipinski definition) is 3. The van der Waals surface area contributed by atoms with Crippen molar-refractivity contribution in [3.05, 3.63) is 66.0 Å². The highest BCUT2D eigenvalue weighted by Gasteiger charge is 2.19. The van der Waals surface area contributed by atoms with Crippen LogP contribution in [0.25, 0.3) is 16.6 Å². The molecule has 2 aliphatic rings. The third-order valence-corrected chi connectivity index (χ3v) is 7.14. The van der Waals surface area contributed by atoms with Crippen molar-refractivity contribution >= 4 is 28.2 Å². The molecule has 168 valence electrons. The van der Waals surface area contributed by atoms with Crippen molar-refractivity contribution in [3.63, 3.8) is 0 Å². The molecule has 1 unspecified atom stereocenters. The van der Waals surface area contributed by atoms with Gasteiger partial charge in [0.15, 0.2) is 0 Å². The standard InChI is InChI=1S/C26H32ClN5/c1-3-32-24-8-7-20(17-30-12-9-19(2)10-13-30)15-23(24)29-25(32)18-31-14-11-28-26(31)21-5-4-6-22(27)16-21/h4-8,11,14-15,19,22H,3,9-10,12-13,16-18H2,1-2H3. The van der Waals surface area contributed by atoms with E-state index in [1.807, 2.05) is 24.5 Å². The van der Waals surface area contributed by atoms with Gasteiger partial charge in [0.2, 0.25) is 0 Å². The lowest BCUT2D eigenvalue weighted by Gasteiger charge is -2.30. The molecule has 1 aliphatic carbocycles. The number of piperidine rings is 1. The Morgan fingerprint density at radius 1 is 1.16 bits per heavy atom. The van der Waals surface area contributed by atoms with Gasteiger partial charge in [-0.25, -0.2) is 9.97 Å². The van der Waals surface area contributed by atoms with E-state index in [0.717, 1.165) is 42.6 Å². The predicted molar refractivity (Wildman–Crippen MR) is 132 cm³/mol. The molecular weight excluding hydrogens is 418 g/mol. The van der Waals surface area contributed by atoms with Crippen molar-refractivity contribution in [2.45, 2.75) is 58.1 Å². The largest absolute Gasteiger partial charge is 0.327 e. The number of hydrogen-bond donors (Lipinski definition) is 0. The summed E-state index contributed by atoms with van der Waals surface area (Å²) >= 11 is 6.35. The van der Waals surface area contributed by atoms with Gasteiger partial charge >= 0.3 is 0 Å². The zero-order chi connectivity index (χ0) is 22.1. The fourth-order valence-electron chi connectivity index (χ4n) is 4.96. The fraction of sp³-hybridized carbons (Fsp3) is 0.462. The topological polar surface area (TPSA) is 38.9 Å². The highest BCUT2D eigenvalue weighted by molar-refractivity contribution is 6.22. The van der Waals surface area contributed by atoms with Gasteiger partial charge in [0, 0.05) is 25.5 Å². The summed E-state index contributed by atoms with van der Waals surface area (Å²) in [5.74, 6) is 2.91. The normalized spacial score (nSPS) is 20.2. The molecule has 1 aromatic carbocycles. The number of benzene rings is 1. The Balaban J connectivity index is 1.40. The molecule has 0 bridgehead atoms. The molecule has 0 saturated carbocycles. The quantitative estimate of drug-likeness (QED) is 0.467. The number of alkyl halides is 1. The molecule has 1 saturated heterocycles. The summed E-state index contributed by atoms with van der Waals surface area (Å²) < 4.78 is 4.52. The zero-order valence-corrected chi connectivity index (χ0v) is 19.8. The number of aromatic nitrogens is 4. The third kappa shape index (κ3) is 4.41. The van der Waals surface area contributed by atoms with Gasteiger partial charge in [0.1, 0.15) is 11.6 Å². The molecule has 1 atom stereocenters. The molecule has 3 heterocycles. The molecule has 0 radical (unpaired) electrons. The first-order chi connectivity index (χ1) is 15.6. The van der Waals surface area contributed by atoms with Crippen molar-refractivity contribution in [1.29, 1.82) is 0 Å². The van der Waals surface area contributed by atoms with Crippen molar-refractivity contribution in [1.82, 2.24) is 24.0 Å². The summed E-state index contributed by atoms with van der Waals surface area (Å²) in [5.41, 5.74) is 4.83. The molecule has 5 nitrogen and oxygen atoms in total. The van der Waals surface area contributed by atoms with Crippen molar-refractivity contribution < 1.29 is 0 Å². The summed E-state index contributed by atoms with van der Waals surface area (Å²) in [6.07, 6.45) is 13.5. The number of nitrogens with zero attached hydrogens (tertiary/aromatic N) is 5. The molecule has 32 heavy (non-hydrogen) atoms. The Morgan fingerprint density at radius 3 is 2.78 bits per heavy atom. The Hall–Kier alpha value is -2.37. The minimum atomic E-state index is 0.0295. The van der Waals surface area contributed by atoms with E-state index in [2.05, 4.69) is 57.1 Å². The van der Waals surface area contributed by atoms with E-state index in [-0.39, 0.29) is 5.38 Å². The Bertz CT molecular complexity index is 1150. The van der Waals surface area contributed by atoms with Crippen LogP contribution in [-0.4, -0.2) is 42.5 Å². The summed E-state index contributed by atoms with van der Waals surface area (Å²) in [7, 11) is 0. The number of allylic oxidation sites excluding steroid dienone is 4. The Labute approximate surface area is 195 Å². The monoisotopic (exact) mass is 449 g/mol. The number of halogens is 1. The lowest BCUT2D eigenvalue weighted by molar-refractivity contribution is 0.185. The SMILES string of the molecule is CCn1c(Cn2ccnc2C2=CC=CC(Cl)C2)nc2cc(CN3CCC(C)CC3)ccc21. The fourth-order valence-corrected chi connectivity index (χ4v) is 5.21. The summed E-state index contributed by atoms with van der Waals surface area (Å²) in [6.45, 7) is 9.57. The van der Waals surface area contributed by atoms with Gasteiger partial charge in [0.25, 0.3) is 0 Å². The predicted octanol–water partition coefficient (Wildman–Crippen LogP) is 5.48. The van der Waals surface area contributed by atoms with Crippen LogP contribution in [0.5, 0.6) is 0 Å². The summed E-state index contributed by atoms with van der Waals surface area (Å²) in [4.78, 5) is 12.3. The summed E-state index contributed by atoms with van der Waals surface area (Å²) in [6, 6.07) is 6.81. The minimum absolute atomic E-state index is 0.0295. The second kappa shape index (κ2) is 9.24. The van der Waals surface area contributed by atoms with Crippen LogP contribution < -0.4 is 0 Å². The van der Waals surface area contributed by atoms with E-state index in [4.69, 9.17) is 16.6 Å². The molecule has 2 aromatic heterocycles. The molecule has 1 aliphatic heterocycles. The minimum Gasteiger partial charge on any atom is -0.327 e. The lowest BCUT2D eigenvalue weighted by atomic mass is 9.99. The van der Waals surface area contributed by atoms with Crippen LogP contribution in [0.4, 0.5) is 0 Å². The van der Waals surface area contributed by atoms with Crippen molar-refractivity contribution in [3.8, 4) is 0 Å². The van der Waals surface area contributed by atoms with Gasteiger partial charge in [-0.1, -0.05) is 31.2 Å². The molecule has 0 amide bonds. The Kier molecular flexibility index (Phi) is 6.20. The average Bonchev–Trinajstić information content (AvgIpc) is 3.39. The smallest absolute Gasteiger partial charge is 0.136 e. The molecule has 5 rings (SSSR count). The van der Waals surface area contributed by atoms with E-state index in [1.54, 1.807) is 0 Å². The maximum Gasteiger partial charge on any atom is 0.136 e. The highest BCUT2D eigenvalue weighted by atomic mass is 35.5. The number of rotatable bonds is 6. The van der Waals surface area contributed by atoms with Crippen LogP contribution in [0.2, 0.25) is 0 Å². The van der Waals surface area contributed by atoms with Crippen molar-refractivity contribution in [2.75, 3.05) is 13.1 Å². The van der Waals surface area contributed by atoms with Crippen LogP contribution >= 0.6 is 11.6 Å². The van der Waals surface area contributed by atoms with E-state index in [0.29, 0.717) is 6.54 Å². The van der Waals surface area contributed by atoms with Crippen LogP contribution in [0.3, 0.4) is 0 Å². The Morgan fingerprint density at radius 2 is 2.00 bits per heavy atom. The molecule has 0 spiro atoms. The van der Waals surface area contributed by atoms with E-state index in [9.17, 15) is 0 Å². The first-order valence-electron chi connectivity index (χ1n) is 11.8. The van der Waals surface area contributed by atoms with E-state index >= 15 is 0 Å². The summed E-state index contributed by atoms with van der Waals surface area (Å²) in [5, 5.41) is 0.0295. The molecule has 1 fully saturated rings. The van der Waals surface area contributed by atoms with Gasteiger partial charge in [-0.2, -0.15) is 0 Å². The van der Waals surface area contributed by atoms with E-state index in [1.165, 1.54) is 42.6 Å². The first kappa shape index (κ1) is 21.5. The van der Waals surface area contributed by atoms with Crippen LogP contribution in [0.15, 0.2) is 48.8 Å². The maximum atomic E-state index is 6.35. The number of imidazole rings is 2. The molecule has 0 N–H and O–H groups in total. The number of aryl methyl sites for hydroxylation is 1. The van der Waals surface area contributed by atoms with Gasteiger partial charge in [-0.05, 0) is 68.5 Å². The maximum absolute atomic E-state index is 6.35. The average molecular weight is 450 g/mol. The van der Waals surface area contributed by atoms with Crippen LogP contribution in [0.1, 0.15) is 50.3 Å². The number of fused-ring (bicyclic) bond motifs is 1. The molecule has 3 aromatic rings. The lowest BCUT2D eigenvalue weighted by Crippen LogP contribution is -2.32. The second-order valence-electron chi connectivity index (χ2n) is 9.23. The highest BCUT2D eigenvalue weighted by Crippen LogP contribution is 2.27. The first-order valence-corrected chi connectivity index (χ1v) is 12.3. The second-order valence-corrected chi connectivity index (χ2v) is 9.79. The third-order valence-electron chi connectivity index (χ3n) is 6.84. The molecule has 6 heteroatoms. The van der Waals surface area contributed by atoms with Crippen LogP contribution in [-0.2, 0) is 19.6 Å². The van der Waals surface area contributed by atoms with Gasteiger partial charge in [0.05, 0.1) is 23.0 Å². The number of likely N-dealkylation sites (tertiary alicyclic amines) is 1. The van der Waals surface area contributed by atoms with Crippen molar-refractivity contribution in [2.24, 2.45) is 5.92 Å². The zero-order valence-electron chi connectivity index (χ0n) is 19.0. The van der Waals surface area contributed by atoms with Gasteiger partial charge < -0.3 is 9.13 Å². The van der Waals surface area contributed by atoms with E-state index < -0.39 is 0 Å². The van der Waals surface area contributed by atoms with Gasteiger partial charge in [-0.15, -0.1) is 11.6 Å². The molecular formula is C26H32ClN5.